The molecule has 0 radical (unpaired) electrons. The molecule has 3 nitrogen and oxygen atoms in total. The second kappa shape index (κ2) is 31.4. The van der Waals surface area contributed by atoms with Crippen LogP contribution in [0, 0.1) is 0 Å². The van der Waals surface area contributed by atoms with E-state index < -0.39 is 5.79 Å². The fourth-order valence-electron chi connectivity index (χ4n) is 6.34. The maximum absolute atomic E-state index is 11.6. The van der Waals surface area contributed by atoms with Crippen LogP contribution in [0.3, 0.4) is 0 Å². The molecule has 1 rings (SSSR count). The van der Waals surface area contributed by atoms with E-state index in [1.165, 1.54) is 122 Å². The summed E-state index contributed by atoms with van der Waals surface area (Å²) in [5.74, 6) is -0.934. The molecule has 1 aliphatic heterocycles. The third kappa shape index (κ3) is 26.6. The minimum atomic E-state index is -0.934. The van der Waals surface area contributed by atoms with Gasteiger partial charge in [0, 0.05) is 25.9 Å². The largest absolute Gasteiger partial charge is 0.365 e. The van der Waals surface area contributed by atoms with E-state index in [2.05, 4.69) is 74.3 Å². The normalized spacial score (nSPS) is 17.6. The summed E-state index contributed by atoms with van der Waals surface area (Å²) in [6.07, 6.45) is 50.1. The molecule has 2 atom stereocenters. The Kier molecular flexibility index (Phi) is 29.2. The molecular weight excluding hydrogens is 550 g/mol. The second-order valence-electron chi connectivity index (χ2n) is 13.7. The van der Waals surface area contributed by atoms with Gasteiger partial charge in [0.15, 0.2) is 5.79 Å². The van der Waals surface area contributed by atoms with Crippen LogP contribution in [0.1, 0.15) is 188 Å². The maximum atomic E-state index is 11.6. The van der Waals surface area contributed by atoms with Crippen LogP contribution >= 0.6 is 0 Å². The van der Waals surface area contributed by atoms with E-state index in [4.69, 9.17) is 4.74 Å². The standard InChI is InChI=1S/C42H77NO2/c1-4-7-9-11-13-15-17-19-21-23-25-27-29-31-33-35-38-42(44,45-41-36-39-43(6-3)40-41)37-34-32-30-28-26-24-22-20-18-16-14-12-10-8-5-2/h13-16,19-22,41,44H,4-12,17-18,23-40H2,1-3H3/b15-13-,16-14-,21-19-,22-20+. The van der Waals surface area contributed by atoms with Gasteiger partial charge >= 0.3 is 0 Å². The van der Waals surface area contributed by atoms with Crippen molar-refractivity contribution in [3.8, 4) is 0 Å². The van der Waals surface area contributed by atoms with Gasteiger partial charge in [0.1, 0.15) is 0 Å². The molecule has 0 saturated carbocycles. The number of allylic oxidation sites excluding steroid dienone is 8. The predicted octanol–water partition coefficient (Wildman–Crippen LogP) is 12.8. The van der Waals surface area contributed by atoms with Crippen molar-refractivity contribution >= 4 is 0 Å². The van der Waals surface area contributed by atoms with Gasteiger partial charge < -0.3 is 14.7 Å². The average molecular weight is 628 g/mol. The smallest absolute Gasteiger partial charge is 0.165 e. The molecule has 0 spiro atoms. The van der Waals surface area contributed by atoms with Crippen LogP contribution < -0.4 is 0 Å². The Morgan fingerprint density at radius 1 is 0.556 bits per heavy atom. The van der Waals surface area contributed by atoms with Crippen LogP contribution in [-0.2, 0) is 4.74 Å². The number of nitrogens with zero attached hydrogens (tertiary/aromatic N) is 1. The first-order valence-corrected chi connectivity index (χ1v) is 19.9. The molecule has 1 saturated heterocycles. The van der Waals surface area contributed by atoms with Gasteiger partial charge in [0.25, 0.3) is 0 Å². The molecule has 0 aromatic rings. The Bertz CT molecular complexity index is 741. The minimum Gasteiger partial charge on any atom is -0.365 e. The van der Waals surface area contributed by atoms with Crippen molar-refractivity contribution in [2.24, 2.45) is 0 Å². The quantitative estimate of drug-likeness (QED) is 0.0457. The highest BCUT2D eigenvalue weighted by Crippen LogP contribution is 2.29. The summed E-state index contributed by atoms with van der Waals surface area (Å²) >= 11 is 0. The van der Waals surface area contributed by atoms with E-state index in [1.54, 1.807) is 0 Å². The van der Waals surface area contributed by atoms with Gasteiger partial charge in [-0.15, -0.1) is 0 Å². The molecule has 0 aromatic carbocycles. The lowest BCUT2D eigenvalue weighted by atomic mass is 9.98. The predicted molar refractivity (Wildman–Crippen MR) is 200 cm³/mol. The zero-order valence-electron chi connectivity index (χ0n) is 30.5. The van der Waals surface area contributed by atoms with E-state index in [0.717, 1.165) is 64.6 Å². The number of hydrogen-bond acceptors (Lipinski definition) is 3. The molecule has 3 heteroatoms. The summed E-state index contributed by atoms with van der Waals surface area (Å²) in [5.41, 5.74) is 0. The van der Waals surface area contributed by atoms with Crippen molar-refractivity contribution in [3.63, 3.8) is 0 Å². The zero-order valence-corrected chi connectivity index (χ0v) is 30.5. The summed E-state index contributed by atoms with van der Waals surface area (Å²) in [6, 6.07) is 0. The number of aliphatic hydroxyl groups is 1. The maximum Gasteiger partial charge on any atom is 0.165 e. The zero-order chi connectivity index (χ0) is 32.5. The average Bonchev–Trinajstić information content (AvgIpc) is 3.49. The molecule has 2 unspecified atom stereocenters. The van der Waals surface area contributed by atoms with E-state index in [1.807, 2.05) is 0 Å². The number of likely N-dealkylation sites (tertiary alicyclic amines) is 1. The van der Waals surface area contributed by atoms with E-state index in [-0.39, 0.29) is 6.10 Å². The molecule has 1 fully saturated rings. The molecule has 0 aliphatic carbocycles. The van der Waals surface area contributed by atoms with Gasteiger partial charge in [0.05, 0.1) is 6.10 Å². The summed E-state index contributed by atoms with van der Waals surface area (Å²) in [5, 5.41) is 11.6. The van der Waals surface area contributed by atoms with Crippen molar-refractivity contribution < 1.29 is 9.84 Å². The van der Waals surface area contributed by atoms with Crippen molar-refractivity contribution in [1.29, 1.82) is 0 Å². The summed E-state index contributed by atoms with van der Waals surface area (Å²) in [4.78, 5) is 2.45. The van der Waals surface area contributed by atoms with Gasteiger partial charge in [-0.3, -0.25) is 0 Å². The van der Waals surface area contributed by atoms with Crippen molar-refractivity contribution in [3.05, 3.63) is 48.6 Å². The second-order valence-corrected chi connectivity index (χ2v) is 13.7. The molecule has 0 amide bonds. The Morgan fingerprint density at radius 3 is 1.36 bits per heavy atom. The molecule has 0 bridgehead atoms. The lowest BCUT2D eigenvalue weighted by Crippen LogP contribution is -2.38. The molecular formula is C42H77NO2. The highest BCUT2D eigenvalue weighted by molar-refractivity contribution is 4.93. The van der Waals surface area contributed by atoms with Crippen LogP contribution in [0.25, 0.3) is 0 Å². The molecule has 1 N–H and O–H groups in total. The number of unbranched alkanes of at least 4 members (excludes halogenated alkanes) is 17. The highest BCUT2D eigenvalue weighted by atomic mass is 16.6. The van der Waals surface area contributed by atoms with Gasteiger partial charge in [-0.05, 0) is 90.0 Å². The fourth-order valence-corrected chi connectivity index (χ4v) is 6.34. The number of hydrogen-bond donors (Lipinski definition) is 1. The Hall–Kier alpha value is -1.16. The fraction of sp³-hybridized carbons (Fsp3) is 0.810. The van der Waals surface area contributed by atoms with E-state index in [9.17, 15) is 5.11 Å². The number of ether oxygens (including phenoxy) is 1. The van der Waals surface area contributed by atoms with Crippen molar-refractivity contribution in [2.45, 2.75) is 200 Å². The molecule has 262 valence electrons. The number of rotatable bonds is 32. The first-order chi connectivity index (χ1) is 22.1. The van der Waals surface area contributed by atoms with Crippen LogP contribution in [0.15, 0.2) is 48.6 Å². The van der Waals surface area contributed by atoms with Crippen LogP contribution in [0.2, 0.25) is 0 Å². The Labute approximate surface area is 282 Å². The van der Waals surface area contributed by atoms with Gasteiger partial charge in [-0.1, -0.05) is 140 Å². The minimum absolute atomic E-state index is 0.192. The van der Waals surface area contributed by atoms with E-state index >= 15 is 0 Å². The van der Waals surface area contributed by atoms with Gasteiger partial charge in [0.2, 0.25) is 0 Å². The molecule has 1 aliphatic rings. The summed E-state index contributed by atoms with van der Waals surface area (Å²) in [7, 11) is 0. The molecule has 0 aromatic heterocycles. The SMILES string of the molecule is CCCCC/C=C\C/C=C\CCCCCCCCC(O)(CCCCCCC/C=C/C/C=C\CCCCC)OC1CCN(CC)C1. The lowest BCUT2D eigenvalue weighted by Gasteiger charge is -2.32. The third-order valence-electron chi connectivity index (χ3n) is 9.35. The molecule has 45 heavy (non-hydrogen) atoms. The van der Waals surface area contributed by atoms with Crippen LogP contribution in [0.5, 0.6) is 0 Å². The molecule has 1 heterocycles. The third-order valence-corrected chi connectivity index (χ3v) is 9.35. The van der Waals surface area contributed by atoms with Crippen molar-refractivity contribution in [1.82, 2.24) is 4.90 Å². The Morgan fingerprint density at radius 2 is 0.956 bits per heavy atom. The van der Waals surface area contributed by atoms with Gasteiger partial charge in [-0.2, -0.15) is 0 Å². The highest BCUT2D eigenvalue weighted by Gasteiger charge is 2.33. The lowest BCUT2D eigenvalue weighted by molar-refractivity contribution is -0.236. The van der Waals surface area contributed by atoms with Gasteiger partial charge in [-0.25, -0.2) is 0 Å². The Balaban J connectivity index is 2.17. The first kappa shape index (κ1) is 41.9. The summed E-state index contributed by atoms with van der Waals surface area (Å²) < 4.78 is 6.46. The monoisotopic (exact) mass is 628 g/mol. The van der Waals surface area contributed by atoms with Crippen molar-refractivity contribution in [2.75, 3.05) is 19.6 Å². The number of likely N-dealkylation sites (N-methyl/N-ethyl adjacent to an activating group) is 1. The van der Waals surface area contributed by atoms with Crippen LogP contribution in [-0.4, -0.2) is 41.5 Å². The van der Waals surface area contributed by atoms with Crippen LogP contribution in [0.4, 0.5) is 0 Å². The first-order valence-electron chi connectivity index (χ1n) is 19.9. The van der Waals surface area contributed by atoms with E-state index in [0.29, 0.717) is 0 Å². The summed E-state index contributed by atoms with van der Waals surface area (Å²) in [6.45, 7) is 9.91. The topological polar surface area (TPSA) is 32.7 Å².